The number of ether oxygens (including phenoxy) is 2. The van der Waals surface area contributed by atoms with Crippen molar-refractivity contribution in [1.29, 1.82) is 0 Å². The molecule has 4 rings (SSSR count). The molecule has 0 saturated heterocycles. The van der Waals surface area contributed by atoms with E-state index in [1.54, 1.807) is 12.1 Å². The Morgan fingerprint density at radius 2 is 1.74 bits per heavy atom. The highest BCUT2D eigenvalue weighted by Gasteiger charge is 2.30. The fourth-order valence-corrected chi connectivity index (χ4v) is 4.69. The molecule has 0 saturated carbocycles. The molecule has 220 valence electrons. The molecule has 2 amide bonds. The zero-order valence-electron chi connectivity index (χ0n) is 22.8. The van der Waals surface area contributed by atoms with E-state index in [0.717, 1.165) is 23.0 Å². The van der Waals surface area contributed by atoms with Crippen LogP contribution in [0.4, 0.5) is 23.7 Å². The van der Waals surface area contributed by atoms with Gasteiger partial charge in [-0.15, -0.1) is 0 Å². The number of pyridine rings is 1. The van der Waals surface area contributed by atoms with Crippen LogP contribution in [0.2, 0.25) is 10.0 Å². The van der Waals surface area contributed by atoms with Gasteiger partial charge < -0.3 is 19.7 Å². The third kappa shape index (κ3) is 7.24. The fourth-order valence-electron chi connectivity index (χ4n) is 4.08. The average molecular weight is 620 g/mol. The van der Waals surface area contributed by atoms with Crippen LogP contribution in [0.15, 0.2) is 66.7 Å². The molecule has 1 atom stereocenters. The first-order valence-corrected chi connectivity index (χ1v) is 13.4. The molecular weight excluding hydrogens is 594 g/mol. The number of para-hydroxylation sites is 1. The number of halogens is 5. The number of fused-ring (bicyclic) bond motifs is 1. The second-order valence-electron chi connectivity index (χ2n) is 9.39. The lowest BCUT2D eigenvalue weighted by Gasteiger charge is -2.22. The first-order chi connectivity index (χ1) is 19.8. The van der Waals surface area contributed by atoms with Gasteiger partial charge >= 0.3 is 12.3 Å². The first kappa shape index (κ1) is 30.9. The summed E-state index contributed by atoms with van der Waals surface area (Å²) in [5.41, 5.74) is 1.88. The van der Waals surface area contributed by atoms with Gasteiger partial charge in [0.15, 0.2) is 0 Å². The van der Waals surface area contributed by atoms with Crippen molar-refractivity contribution in [2.24, 2.45) is 0 Å². The molecule has 0 bridgehead atoms. The minimum atomic E-state index is -4.47. The average Bonchev–Trinajstić information content (AvgIpc) is 2.95. The van der Waals surface area contributed by atoms with E-state index in [2.05, 4.69) is 10.3 Å². The van der Waals surface area contributed by atoms with E-state index in [0.29, 0.717) is 33.3 Å². The molecule has 0 radical (unpaired) electrons. The van der Waals surface area contributed by atoms with Crippen molar-refractivity contribution in [2.75, 3.05) is 18.5 Å². The molecule has 12 heteroatoms. The number of amides is 2. The van der Waals surface area contributed by atoms with Crippen LogP contribution in [0.1, 0.15) is 35.4 Å². The number of alkyl halides is 3. The Morgan fingerprint density at radius 1 is 1.05 bits per heavy atom. The van der Waals surface area contributed by atoms with Gasteiger partial charge in [-0.05, 0) is 55.8 Å². The number of aromatic nitrogens is 1. The molecular formula is C30H26Cl2F3N3O4. The third-order valence-electron chi connectivity index (χ3n) is 6.52. The highest BCUT2D eigenvalue weighted by Crippen LogP contribution is 2.35. The number of hydrogen-bond donors (Lipinski definition) is 1. The van der Waals surface area contributed by atoms with Crippen LogP contribution in [0.5, 0.6) is 5.75 Å². The predicted molar refractivity (Wildman–Crippen MR) is 155 cm³/mol. The number of rotatable bonds is 8. The van der Waals surface area contributed by atoms with Gasteiger partial charge in [-0.25, -0.2) is 9.78 Å². The highest BCUT2D eigenvalue weighted by atomic mass is 35.5. The quantitative estimate of drug-likeness (QED) is 0.217. The van der Waals surface area contributed by atoms with Gasteiger partial charge in [-0.1, -0.05) is 53.5 Å². The number of nitrogens with zero attached hydrogens (tertiary/aromatic N) is 2. The van der Waals surface area contributed by atoms with Crippen LogP contribution >= 0.6 is 23.2 Å². The van der Waals surface area contributed by atoms with Crippen molar-refractivity contribution in [3.8, 4) is 5.75 Å². The number of carbonyl (C=O) groups is 2. The zero-order chi connectivity index (χ0) is 30.6. The summed E-state index contributed by atoms with van der Waals surface area (Å²) in [6, 6.07) is 16.9. The maximum atomic E-state index is 12.9. The van der Waals surface area contributed by atoms with Crippen LogP contribution in [-0.4, -0.2) is 30.6 Å². The smallest absolute Gasteiger partial charge is 0.416 e. The molecule has 0 fully saturated rings. The summed E-state index contributed by atoms with van der Waals surface area (Å²) in [5.74, 6) is 0.0451. The standard InChI is InChI=1S/C30H26Cl2F3N3O4/c1-17-26(14-20-6-4-5-7-24(20)37-17)41-16-22-23(31)12-13-25(28(22)32)38(3)27(39)15-36-29(40)42-18(2)19-8-10-21(11-9-19)30(33,34)35/h4-14,18H,15-16H2,1-3H3,(H,36,40). The van der Waals surface area contributed by atoms with E-state index in [4.69, 9.17) is 32.7 Å². The Labute approximate surface area is 250 Å². The Balaban J connectivity index is 1.37. The molecule has 7 nitrogen and oxygen atoms in total. The number of aryl methyl sites for hydroxylation is 1. The Bertz CT molecular complexity index is 1610. The summed E-state index contributed by atoms with van der Waals surface area (Å²) >= 11 is 13.0. The first-order valence-electron chi connectivity index (χ1n) is 12.7. The monoisotopic (exact) mass is 619 g/mol. The normalized spacial score (nSPS) is 12.1. The second kappa shape index (κ2) is 12.9. The summed E-state index contributed by atoms with van der Waals surface area (Å²) in [6.07, 6.45) is -6.24. The van der Waals surface area contributed by atoms with E-state index in [9.17, 15) is 22.8 Å². The minimum Gasteiger partial charge on any atom is -0.487 e. The number of likely N-dealkylation sites (N-methyl/N-ethyl adjacent to an activating group) is 1. The summed E-state index contributed by atoms with van der Waals surface area (Å²) < 4.78 is 49.5. The number of nitrogens with one attached hydrogen (secondary N) is 1. The maximum absolute atomic E-state index is 12.9. The lowest BCUT2D eigenvalue weighted by Crippen LogP contribution is -2.38. The minimum absolute atomic E-state index is 0.0147. The summed E-state index contributed by atoms with van der Waals surface area (Å²) in [5, 5.41) is 3.80. The third-order valence-corrected chi connectivity index (χ3v) is 7.29. The van der Waals surface area contributed by atoms with Crippen LogP contribution in [0.3, 0.4) is 0 Å². The van der Waals surface area contributed by atoms with Gasteiger partial charge in [0, 0.05) is 23.0 Å². The molecule has 0 spiro atoms. The topological polar surface area (TPSA) is 80.8 Å². The summed E-state index contributed by atoms with van der Waals surface area (Å²) in [4.78, 5) is 30.9. The fraction of sp³-hybridized carbons (Fsp3) is 0.233. The van der Waals surface area contributed by atoms with Crippen molar-refractivity contribution in [2.45, 2.75) is 32.7 Å². The molecule has 0 aliphatic heterocycles. The van der Waals surface area contributed by atoms with Crippen LogP contribution in [0.25, 0.3) is 10.9 Å². The SMILES string of the molecule is Cc1nc2ccccc2cc1OCc1c(Cl)ccc(N(C)C(=O)CNC(=O)OC(C)c2ccc(C(F)(F)F)cc2)c1Cl. The molecule has 1 unspecified atom stereocenters. The number of anilines is 1. The molecule has 1 N–H and O–H groups in total. The lowest BCUT2D eigenvalue weighted by atomic mass is 10.1. The van der Waals surface area contributed by atoms with E-state index >= 15 is 0 Å². The zero-order valence-corrected chi connectivity index (χ0v) is 24.3. The molecule has 3 aromatic carbocycles. The van der Waals surface area contributed by atoms with Crippen LogP contribution in [0, 0.1) is 6.92 Å². The second-order valence-corrected chi connectivity index (χ2v) is 10.2. The predicted octanol–water partition coefficient (Wildman–Crippen LogP) is 7.90. The van der Waals surface area contributed by atoms with Crippen LogP contribution in [-0.2, 0) is 22.3 Å². The molecule has 1 aromatic heterocycles. The highest BCUT2D eigenvalue weighted by molar-refractivity contribution is 6.38. The molecule has 0 aliphatic carbocycles. The van der Waals surface area contributed by atoms with Gasteiger partial charge in [0.25, 0.3) is 0 Å². The van der Waals surface area contributed by atoms with Gasteiger partial charge in [-0.3, -0.25) is 4.79 Å². The Morgan fingerprint density at radius 3 is 2.43 bits per heavy atom. The Hall–Kier alpha value is -4.02. The molecule has 0 aliphatic rings. The Kier molecular flexibility index (Phi) is 9.48. The van der Waals surface area contributed by atoms with E-state index in [-0.39, 0.29) is 11.6 Å². The van der Waals surface area contributed by atoms with Gasteiger partial charge in [0.2, 0.25) is 5.91 Å². The summed E-state index contributed by atoms with van der Waals surface area (Å²) in [7, 11) is 1.48. The van der Waals surface area contributed by atoms with Crippen molar-refractivity contribution in [3.05, 3.63) is 99.2 Å². The number of hydrogen-bond acceptors (Lipinski definition) is 5. The van der Waals surface area contributed by atoms with E-state index < -0.39 is 36.4 Å². The molecule has 4 aromatic rings. The van der Waals surface area contributed by atoms with Gasteiger partial charge in [0.05, 0.1) is 27.5 Å². The maximum Gasteiger partial charge on any atom is 0.416 e. The van der Waals surface area contributed by atoms with Crippen molar-refractivity contribution in [1.82, 2.24) is 10.3 Å². The van der Waals surface area contributed by atoms with E-state index in [1.165, 1.54) is 31.0 Å². The van der Waals surface area contributed by atoms with Crippen molar-refractivity contribution < 1.29 is 32.2 Å². The molecule has 1 heterocycles. The lowest BCUT2D eigenvalue weighted by molar-refractivity contribution is -0.137. The molecule has 42 heavy (non-hydrogen) atoms. The van der Waals surface area contributed by atoms with Crippen molar-refractivity contribution in [3.63, 3.8) is 0 Å². The van der Waals surface area contributed by atoms with E-state index in [1.807, 2.05) is 37.3 Å². The number of carbonyl (C=O) groups excluding carboxylic acids is 2. The number of alkyl carbamates (subject to hydrolysis) is 1. The van der Waals surface area contributed by atoms with Crippen LogP contribution < -0.4 is 15.0 Å². The van der Waals surface area contributed by atoms with Gasteiger partial charge in [0.1, 0.15) is 25.0 Å². The number of benzene rings is 3. The van der Waals surface area contributed by atoms with Crippen molar-refractivity contribution >= 4 is 51.8 Å². The largest absolute Gasteiger partial charge is 0.487 e. The summed E-state index contributed by atoms with van der Waals surface area (Å²) in [6.45, 7) is 2.92. The van der Waals surface area contributed by atoms with Gasteiger partial charge in [-0.2, -0.15) is 13.2 Å².